The molecule has 0 unspecified atom stereocenters. The first-order valence-electron chi connectivity index (χ1n) is 6.08. The predicted octanol–water partition coefficient (Wildman–Crippen LogP) is 2.38. The number of hydrogen-bond donors (Lipinski definition) is 2. The summed E-state index contributed by atoms with van der Waals surface area (Å²) in [6.45, 7) is 6.29. The Morgan fingerprint density at radius 1 is 1.24 bits per heavy atom. The second-order valence-electron chi connectivity index (χ2n) is 4.82. The fourth-order valence-corrected chi connectivity index (χ4v) is 2.23. The Hall–Kier alpha value is -1.61. The van der Waals surface area contributed by atoms with Gasteiger partial charge in [0, 0.05) is 30.3 Å². The molecule has 1 aromatic heterocycles. The van der Waals surface area contributed by atoms with Gasteiger partial charge in [0.2, 0.25) is 0 Å². The molecule has 0 radical (unpaired) electrons. The second kappa shape index (κ2) is 4.00. The Morgan fingerprint density at radius 2 is 2.06 bits per heavy atom. The van der Waals surface area contributed by atoms with E-state index in [2.05, 4.69) is 48.4 Å². The molecular formula is C14H17N3. The summed E-state index contributed by atoms with van der Waals surface area (Å²) in [6, 6.07) is 8.51. The van der Waals surface area contributed by atoms with Crippen LogP contribution in [0.25, 0.3) is 11.3 Å². The number of nitrogens with one attached hydrogen (secondary N) is 2. The third-order valence-corrected chi connectivity index (χ3v) is 3.36. The lowest BCUT2D eigenvalue weighted by atomic mass is 10.0. The minimum atomic E-state index is 0.562. The Labute approximate surface area is 101 Å². The summed E-state index contributed by atoms with van der Waals surface area (Å²) >= 11 is 0. The summed E-state index contributed by atoms with van der Waals surface area (Å²) in [6.07, 6.45) is 0. The van der Waals surface area contributed by atoms with Crippen LogP contribution in [0.4, 0.5) is 0 Å². The Kier molecular flexibility index (Phi) is 2.48. The van der Waals surface area contributed by atoms with Crippen molar-refractivity contribution in [2.45, 2.75) is 19.8 Å². The van der Waals surface area contributed by atoms with Crippen LogP contribution in [0.5, 0.6) is 0 Å². The van der Waals surface area contributed by atoms with Gasteiger partial charge in [0.05, 0.1) is 5.69 Å². The number of imidazole rings is 1. The van der Waals surface area contributed by atoms with Gasteiger partial charge in [-0.25, -0.2) is 4.98 Å². The van der Waals surface area contributed by atoms with Crippen molar-refractivity contribution < 1.29 is 0 Å². The van der Waals surface area contributed by atoms with Gasteiger partial charge in [-0.3, -0.25) is 0 Å². The number of H-pyrrole nitrogens is 1. The molecule has 0 atom stereocenters. The highest BCUT2D eigenvalue weighted by molar-refractivity contribution is 5.62. The molecule has 1 saturated heterocycles. The van der Waals surface area contributed by atoms with E-state index in [0.717, 1.165) is 30.3 Å². The lowest BCUT2D eigenvalue weighted by Gasteiger charge is -2.24. The third-order valence-electron chi connectivity index (χ3n) is 3.36. The van der Waals surface area contributed by atoms with Crippen LogP contribution >= 0.6 is 0 Å². The van der Waals surface area contributed by atoms with Crippen LogP contribution in [0, 0.1) is 13.8 Å². The van der Waals surface area contributed by atoms with Crippen LogP contribution in [-0.4, -0.2) is 23.1 Å². The smallest absolute Gasteiger partial charge is 0.112 e. The summed E-state index contributed by atoms with van der Waals surface area (Å²) in [4.78, 5) is 8.16. The monoisotopic (exact) mass is 227 g/mol. The van der Waals surface area contributed by atoms with Crippen molar-refractivity contribution in [3.05, 3.63) is 41.3 Å². The van der Waals surface area contributed by atoms with Crippen LogP contribution in [0.15, 0.2) is 24.3 Å². The topological polar surface area (TPSA) is 40.7 Å². The fraction of sp³-hybridized carbons (Fsp3) is 0.357. The summed E-state index contributed by atoms with van der Waals surface area (Å²) in [7, 11) is 0. The molecule has 0 saturated carbocycles. The summed E-state index contributed by atoms with van der Waals surface area (Å²) in [5, 5.41) is 3.28. The maximum Gasteiger partial charge on any atom is 0.112 e. The molecule has 2 heterocycles. The standard InChI is InChI=1S/C14H17N3/c1-9-4-3-5-11(6-9)13-10(2)16-14(17-13)12-7-15-8-12/h3-6,12,15H,7-8H2,1-2H3,(H,16,17). The summed E-state index contributed by atoms with van der Waals surface area (Å²) in [5.41, 5.74) is 4.74. The van der Waals surface area contributed by atoms with Crippen LogP contribution in [-0.2, 0) is 0 Å². The molecular weight excluding hydrogens is 210 g/mol. The summed E-state index contributed by atoms with van der Waals surface area (Å²) in [5.74, 6) is 1.69. The average molecular weight is 227 g/mol. The van der Waals surface area contributed by atoms with Crippen molar-refractivity contribution in [2.24, 2.45) is 0 Å². The molecule has 1 fully saturated rings. The molecule has 3 rings (SSSR count). The van der Waals surface area contributed by atoms with Gasteiger partial charge in [0.15, 0.2) is 0 Å². The predicted molar refractivity (Wildman–Crippen MR) is 69.1 cm³/mol. The van der Waals surface area contributed by atoms with Crippen molar-refractivity contribution in [3.8, 4) is 11.3 Å². The van der Waals surface area contributed by atoms with E-state index in [-0.39, 0.29) is 0 Å². The second-order valence-corrected chi connectivity index (χ2v) is 4.82. The number of hydrogen-bond acceptors (Lipinski definition) is 2. The zero-order valence-electron chi connectivity index (χ0n) is 10.2. The van der Waals surface area contributed by atoms with Gasteiger partial charge in [-0.1, -0.05) is 23.8 Å². The highest BCUT2D eigenvalue weighted by Gasteiger charge is 2.23. The first kappa shape index (κ1) is 10.5. The highest BCUT2D eigenvalue weighted by atomic mass is 15.0. The minimum absolute atomic E-state index is 0.562. The van der Waals surface area contributed by atoms with Crippen LogP contribution in [0.3, 0.4) is 0 Å². The molecule has 0 bridgehead atoms. The van der Waals surface area contributed by atoms with Gasteiger partial charge >= 0.3 is 0 Å². The van der Waals surface area contributed by atoms with Crippen LogP contribution < -0.4 is 5.32 Å². The van der Waals surface area contributed by atoms with E-state index in [1.54, 1.807) is 0 Å². The lowest BCUT2D eigenvalue weighted by molar-refractivity contribution is 0.432. The van der Waals surface area contributed by atoms with Crippen molar-refractivity contribution in [3.63, 3.8) is 0 Å². The van der Waals surface area contributed by atoms with E-state index in [0.29, 0.717) is 5.92 Å². The number of benzene rings is 1. The molecule has 17 heavy (non-hydrogen) atoms. The molecule has 1 aliphatic rings. The van der Waals surface area contributed by atoms with Crippen molar-refractivity contribution in [1.82, 2.24) is 15.3 Å². The van der Waals surface area contributed by atoms with Gasteiger partial charge in [-0.05, 0) is 19.9 Å². The maximum absolute atomic E-state index is 4.75. The zero-order valence-corrected chi connectivity index (χ0v) is 10.2. The molecule has 3 heteroatoms. The Balaban J connectivity index is 1.99. The molecule has 3 nitrogen and oxygen atoms in total. The number of aromatic amines is 1. The number of aromatic nitrogens is 2. The molecule has 0 amide bonds. The largest absolute Gasteiger partial charge is 0.345 e. The minimum Gasteiger partial charge on any atom is -0.345 e. The maximum atomic E-state index is 4.75. The van der Waals surface area contributed by atoms with E-state index in [1.807, 2.05) is 0 Å². The van der Waals surface area contributed by atoms with E-state index in [1.165, 1.54) is 11.1 Å². The van der Waals surface area contributed by atoms with Crippen LogP contribution in [0.2, 0.25) is 0 Å². The van der Waals surface area contributed by atoms with Gasteiger partial charge in [-0.15, -0.1) is 0 Å². The van der Waals surface area contributed by atoms with Crippen molar-refractivity contribution in [2.75, 3.05) is 13.1 Å². The third kappa shape index (κ3) is 1.87. The van der Waals surface area contributed by atoms with Gasteiger partial charge in [-0.2, -0.15) is 0 Å². The van der Waals surface area contributed by atoms with Gasteiger partial charge in [0.1, 0.15) is 5.82 Å². The van der Waals surface area contributed by atoms with E-state index in [4.69, 9.17) is 4.98 Å². The molecule has 0 aliphatic carbocycles. The van der Waals surface area contributed by atoms with E-state index >= 15 is 0 Å². The number of rotatable bonds is 2. The van der Waals surface area contributed by atoms with Gasteiger partial charge < -0.3 is 10.3 Å². The van der Waals surface area contributed by atoms with Crippen molar-refractivity contribution in [1.29, 1.82) is 0 Å². The Bertz CT molecular complexity index is 538. The Morgan fingerprint density at radius 3 is 2.71 bits per heavy atom. The molecule has 1 aromatic carbocycles. The quantitative estimate of drug-likeness (QED) is 0.827. The number of nitrogens with zero attached hydrogens (tertiary/aromatic N) is 1. The fourth-order valence-electron chi connectivity index (χ4n) is 2.23. The first-order chi connectivity index (χ1) is 8.24. The normalized spacial score (nSPS) is 15.9. The first-order valence-corrected chi connectivity index (χ1v) is 6.08. The number of aryl methyl sites for hydroxylation is 2. The van der Waals surface area contributed by atoms with Crippen molar-refractivity contribution >= 4 is 0 Å². The lowest BCUT2D eigenvalue weighted by Crippen LogP contribution is -2.40. The SMILES string of the molecule is Cc1cccc(-c2nc(C3CNC3)[nH]c2C)c1. The molecule has 0 spiro atoms. The molecule has 88 valence electrons. The zero-order chi connectivity index (χ0) is 11.8. The highest BCUT2D eigenvalue weighted by Crippen LogP contribution is 2.25. The average Bonchev–Trinajstić information content (AvgIpc) is 2.57. The molecule has 1 aliphatic heterocycles. The van der Waals surface area contributed by atoms with E-state index in [9.17, 15) is 0 Å². The van der Waals surface area contributed by atoms with Crippen LogP contribution in [0.1, 0.15) is 23.0 Å². The molecule has 2 aromatic rings. The van der Waals surface area contributed by atoms with E-state index < -0.39 is 0 Å². The van der Waals surface area contributed by atoms with Gasteiger partial charge in [0.25, 0.3) is 0 Å². The molecule has 2 N–H and O–H groups in total. The summed E-state index contributed by atoms with van der Waals surface area (Å²) < 4.78 is 0.